The number of methoxy groups -OCH3 is 1. The van der Waals surface area contributed by atoms with E-state index < -0.39 is 0 Å². The van der Waals surface area contributed by atoms with Gasteiger partial charge in [-0.3, -0.25) is 0 Å². The molecule has 0 aliphatic rings. The van der Waals surface area contributed by atoms with Crippen molar-refractivity contribution in [2.24, 2.45) is 0 Å². The fourth-order valence-corrected chi connectivity index (χ4v) is 0.869. The van der Waals surface area contributed by atoms with E-state index in [0.717, 1.165) is 0 Å². The highest BCUT2D eigenvalue weighted by Gasteiger charge is 1.99. The smallest absolute Gasteiger partial charge is 0.120 e. The number of ether oxygens (including phenoxy) is 1. The van der Waals surface area contributed by atoms with Gasteiger partial charge in [-0.2, -0.15) is 5.26 Å². The third-order valence-corrected chi connectivity index (χ3v) is 1.50. The third-order valence-electron chi connectivity index (χ3n) is 1.50. The van der Waals surface area contributed by atoms with Gasteiger partial charge in [0.2, 0.25) is 0 Å². The third kappa shape index (κ3) is 1.38. The molecule has 12 heavy (non-hydrogen) atoms. The summed E-state index contributed by atoms with van der Waals surface area (Å²) in [6.45, 7) is 0. The first-order valence-corrected chi connectivity index (χ1v) is 3.36. The fourth-order valence-electron chi connectivity index (χ4n) is 0.869. The summed E-state index contributed by atoms with van der Waals surface area (Å²) in [4.78, 5) is 0. The molecule has 1 aromatic rings. The fraction of sp³-hybridized carbons (Fsp3) is 0.100. The van der Waals surface area contributed by atoms with Gasteiger partial charge in [0.15, 0.2) is 0 Å². The predicted octanol–water partition coefficient (Wildman–Crippen LogP) is 1.55. The molecule has 58 valence electrons. The van der Waals surface area contributed by atoms with E-state index in [4.69, 9.17) is 16.4 Å². The van der Waals surface area contributed by atoms with Gasteiger partial charge in [0, 0.05) is 5.56 Å². The maximum absolute atomic E-state index is 8.67. The van der Waals surface area contributed by atoms with Crippen molar-refractivity contribution in [3.8, 4) is 24.2 Å². The molecule has 1 rings (SSSR count). The molecule has 0 unspecified atom stereocenters. The quantitative estimate of drug-likeness (QED) is 0.579. The molecule has 0 aromatic heterocycles. The summed E-state index contributed by atoms with van der Waals surface area (Å²) in [5.41, 5.74) is 1.06. The Bertz CT molecular complexity index is 368. The van der Waals surface area contributed by atoms with Crippen LogP contribution in [0.4, 0.5) is 0 Å². The van der Waals surface area contributed by atoms with E-state index in [0.29, 0.717) is 16.9 Å². The molecule has 0 fully saturated rings. The first kappa shape index (κ1) is 8.17. The van der Waals surface area contributed by atoms with Gasteiger partial charge in [0.1, 0.15) is 11.8 Å². The van der Waals surface area contributed by atoms with Crippen LogP contribution in [0.1, 0.15) is 11.1 Å². The Hall–Kier alpha value is -1.93. The second kappa shape index (κ2) is 3.46. The van der Waals surface area contributed by atoms with Gasteiger partial charge in [-0.25, -0.2) is 0 Å². The van der Waals surface area contributed by atoms with Crippen LogP contribution in [0.2, 0.25) is 0 Å². The highest BCUT2D eigenvalue weighted by atomic mass is 16.5. The SMILES string of the molecule is C#Cc1ccc(OC)cc1C#N. The molecule has 0 spiro atoms. The Balaban J connectivity index is 3.25. The number of hydrogen-bond donors (Lipinski definition) is 0. The monoisotopic (exact) mass is 157 g/mol. The van der Waals surface area contributed by atoms with Crippen LogP contribution in [0, 0.1) is 23.7 Å². The minimum atomic E-state index is 0.469. The number of nitriles is 1. The zero-order valence-corrected chi connectivity index (χ0v) is 6.66. The van der Waals surface area contributed by atoms with E-state index in [1.165, 1.54) is 0 Å². The number of rotatable bonds is 1. The summed E-state index contributed by atoms with van der Waals surface area (Å²) in [7, 11) is 1.55. The average molecular weight is 157 g/mol. The molecule has 0 heterocycles. The molecule has 0 amide bonds. The molecule has 1 aromatic carbocycles. The van der Waals surface area contributed by atoms with Gasteiger partial charge in [0.05, 0.1) is 12.7 Å². The highest BCUT2D eigenvalue weighted by Crippen LogP contribution is 2.15. The van der Waals surface area contributed by atoms with Gasteiger partial charge in [-0.15, -0.1) is 6.42 Å². The van der Waals surface area contributed by atoms with E-state index in [2.05, 4.69) is 5.92 Å². The predicted molar refractivity (Wildman–Crippen MR) is 45.6 cm³/mol. The normalized spacial score (nSPS) is 8.25. The minimum Gasteiger partial charge on any atom is -0.497 e. The molecule has 0 aliphatic heterocycles. The van der Waals surface area contributed by atoms with Crippen molar-refractivity contribution in [2.75, 3.05) is 7.11 Å². The van der Waals surface area contributed by atoms with Crippen molar-refractivity contribution >= 4 is 0 Å². The lowest BCUT2D eigenvalue weighted by Gasteiger charge is -2.00. The Morgan fingerprint density at radius 3 is 2.67 bits per heavy atom. The summed E-state index contributed by atoms with van der Waals surface area (Å²) < 4.78 is 4.94. The van der Waals surface area contributed by atoms with Gasteiger partial charge < -0.3 is 4.74 Å². The molecular formula is C10H7NO. The Morgan fingerprint density at radius 1 is 1.42 bits per heavy atom. The van der Waals surface area contributed by atoms with Crippen molar-refractivity contribution < 1.29 is 4.74 Å². The number of hydrogen-bond acceptors (Lipinski definition) is 2. The van der Waals surface area contributed by atoms with E-state index in [9.17, 15) is 0 Å². The molecular weight excluding hydrogens is 150 g/mol. The van der Waals surface area contributed by atoms with Gasteiger partial charge >= 0.3 is 0 Å². The number of terminal acetylenes is 1. The molecule has 0 saturated heterocycles. The van der Waals surface area contributed by atoms with Crippen molar-refractivity contribution in [2.45, 2.75) is 0 Å². The van der Waals surface area contributed by atoms with E-state index in [1.807, 2.05) is 6.07 Å². The summed E-state index contributed by atoms with van der Waals surface area (Å²) >= 11 is 0. The van der Waals surface area contributed by atoms with Crippen LogP contribution in [-0.4, -0.2) is 7.11 Å². The molecule has 0 radical (unpaired) electrons. The molecule has 0 saturated carbocycles. The van der Waals surface area contributed by atoms with Crippen LogP contribution in [0.25, 0.3) is 0 Å². The Kier molecular flexibility index (Phi) is 2.35. The first-order chi connectivity index (χ1) is 5.81. The second-order valence-electron chi connectivity index (χ2n) is 2.17. The largest absolute Gasteiger partial charge is 0.497 e. The maximum atomic E-state index is 8.67. The molecule has 0 atom stereocenters. The van der Waals surface area contributed by atoms with Crippen molar-refractivity contribution in [3.63, 3.8) is 0 Å². The first-order valence-electron chi connectivity index (χ1n) is 3.36. The van der Waals surface area contributed by atoms with Crippen molar-refractivity contribution in [1.82, 2.24) is 0 Å². The average Bonchev–Trinajstić information content (AvgIpc) is 2.16. The summed E-state index contributed by atoms with van der Waals surface area (Å²) in [5.74, 6) is 3.06. The van der Waals surface area contributed by atoms with Crippen molar-refractivity contribution in [1.29, 1.82) is 5.26 Å². The van der Waals surface area contributed by atoms with Crippen LogP contribution >= 0.6 is 0 Å². The van der Waals surface area contributed by atoms with E-state index in [-0.39, 0.29) is 0 Å². The van der Waals surface area contributed by atoms with Gasteiger partial charge in [-0.05, 0) is 18.2 Å². The van der Waals surface area contributed by atoms with Crippen LogP contribution in [0.3, 0.4) is 0 Å². The number of nitrogens with zero attached hydrogens (tertiary/aromatic N) is 1. The van der Waals surface area contributed by atoms with E-state index >= 15 is 0 Å². The Morgan fingerprint density at radius 2 is 2.17 bits per heavy atom. The van der Waals surface area contributed by atoms with Crippen LogP contribution in [-0.2, 0) is 0 Å². The van der Waals surface area contributed by atoms with Gasteiger partial charge in [0.25, 0.3) is 0 Å². The zero-order valence-electron chi connectivity index (χ0n) is 6.66. The summed E-state index contributed by atoms with van der Waals surface area (Å²) in [6, 6.07) is 7.04. The minimum absolute atomic E-state index is 0.469. The lowest BCUT2D eigenvalue weighted by atomic mass is 10.1. The molecule has 0 bridgehead atoms. The molecule has 2 heteroatoms. The van der Waals surface area contributed by atoms with Crippen LogP contribution in [0.5, 0.6) is 5.75 Å². The maximum Gasteiger partial charge on any atom is 0.120 e. The van der Waals surface area contributed by atoms with Crippen LogP contribution < -0.4 is 4.74 Å². The molecule has 0 N–H and O–H groups in total. The molecule has 2 nitrogen and oxygen atoms in total. The highest BCUT2D eigenvalue weighted by molar-refractivity contribution is 5.50. The van der Waals surface area contributed by atoms with Gasteiger partial charge in [-0.1, -0.05) is 5.92 Å². The van der Waals surface area contributed by atoms with E-state index in [1.54, 1.807) is 25.3 Å². The topological polar surface area (TPSA) is 33.0 Å². The van der Waals surface area contributed by atoms with Crippen LogP contribution in [0.15, 0.2) is 18.2 Å². The standard InChI is InChI=1S/C10H7NO/c1-3-8-4-5-10(12-2)6-9(8)7-11/h1,4-6H,2H3. The second-order valence-corrected chi connectivity index (χ2v) is 2.17. The van der Waals surface area contributed by atoms with Crippen molar-refractivity contribution in [3.05, 3.63) is 29.3 Å². The number of benzene rings is 1. The molecule has 0 aliphatic carbocycles. The summed E-state index contributed by atoms with van der Waals surface area (Å²) in [6.07, 6.45) is 5.18. The zero-order chi connectivity index (χ0) is 8.97. The lowest BCUT2D eigenvalue weighted by Crippen LogP contribution is -1.87. The summed E-state index contributed by atoms with van der Waals surface area (Å²) in [5, 5.41) is 8.67. The Labute approximate surface area is 71.4 Å². The lowest BCUT2D eigenvalue weighted by molar-refractivity contribution is 0.414.